The smallest absolute Gasteiger partial charge is 0.111 e. The van der Waals surface area contributed by atoms with Gasteiger partial charge in [0.15, 0.2) is 0 Å². The summed E-state index contributed by atoms with van der Waals surface area (Å²) < 4.78 is 8.30. The van der Waals surface area contributed by atoms with Gasteiger partial charge in [-0.2, -0.15) is 0 Å². The Hall–Kier alpha value is -0.770. The summed E-state index contributed by atoms with van der Waals surface area (Å²) >= 11 is 12.4. The average molecular weight is 311 g/mol. The quantitative estimate of drug-likeness (QED) is 0.802. The Morgan fingerprint density at radius 1 is 1.35 bits per heavy atom. The molecule has 0 spiro atoms. The maximum Gasteiger partial charge on any atom is 0.111 e. The number of halogens is 2. The Morgan fingerprint density at radius 2 is 2.25 bits per heavy atom. The number of aryl methyl sites for hydroxylation is 1. The molecule has 3 heterocycles. The Labute approximate surface area is 127 Å². The summed E-state index contributed by atoms with van der Waals surface area (Å²) in [7, 11) is 0. The van der Waals surface area contributed by atoms with Crippen LogP contribution >= 0.6 is 23.2 Å². The molecule has 0 aliphatic carbocycles. The second-order valence-electron chi connectivity index (χ2n) is 5.62. The summed E-state index contributed by atoms with van der Waals surface area (Å²) in [5, 5.41) is 0.763. The second-order valence-corrected chi connectivity index (χ2v) is 6.41. The number of imidazole rings is 1. The van der Waals surface area contributed by atoms with Crippen molar-refractivity contribution in [2.45, 2.75) is 43.9 Å². The molecule has 5 heteroatoms. The number of benzene rings is 1. The summed E-state index contributed by atoms with van der Waals surface area (Å²) in [5.74, 6) is 1.60. The molecule has 3 nitrogen and oxygen atoms in total. The minimum Gasteiger partial charge on any atom is -0.373 e. The molecular weight excluding hydrogens is 295 g/mol. The molecule has 3 atom stereocenters. The van der Waals surface area contributed by atoms with Gasteiger partial charge in [-0.1, -0.05) is 17.7 Å². The summed E-state index contributed by atoms with van der Waals surface area (Å²) in [6.07, 6.45) is 4.87. The monoisotopic (exact) mass is 310 g/mol. The Bertz CT molecular complexity index is 655. The average Bonchev–Trinajstić information content (AvgIpc) is 3.11. The normalized spacial score (nSPS) is 28.6. The highest BCUT2D eigenvalue weighted by atomic mass is 35.5. The van der Waals surface area contributed by atoms with E-state index in [4.69, 9.17) is 32.9 Å². The molecule has 0 radical (unpaired) electrons. The van der Waals surface area contributed by atoms with Crippen molar-refractivity contribution in [1.82, 2.24) is 9.55 Å². The van der Waals surface area contributed by atoms with Gasteiger partial charge in [-0.3, -0.25) is 0 Å². The predicted molar refractivity (Wildman–Crippen MR) is 80.7 cm³/mol. The van der Waals surface area contributed by atoms with Crippen LogP contribution in [-0.4, -0.2) is 27.6 Å². The molecule has 0 amide bonds. The van der Waals surface area contributed by atoms with Gasteiger partial charge in [-0.15, -0.1) is 11.6 Å². The molecule has 0 saturated carbocycles. The SMILES string of the molecule is ClCCc1nc2cccc(Cl)c2n1C1CC2CCC1O2. The largest absolute Gasteiger partial charge is 0.373 e. The van der Waals surface area contributed by atoms with Gasteiger partial charge in [0.25, 0.3) is 0 Å². The molecule has 2 aromatic rings. The Kier molecular flexibility index (Phi) is 3.17. The summed E-state index contributed by atoms with van der Waals surface area (Å²) in [4.78, 5) is 4.73. The van der Waals surface area contributed by atoms with Crippen molar-refractivity contribution in [2.24, 2.45) is 0 Å². The van der Waals surface area contributed by atoms with Gasteiger partial charge < -0.3 is 9.30 Å². The van der Waals surface area contributed by atoms with E-state index < -0.39 is 0 Å². The van der Waals surface area contributed by atoms with Crippen LogP contribution in [0.3, 0.4) is 0 Å². The molecule has 2 aliphatic heterocycles. The molecule has 3 unspecified atom stereocenters. The van der Waals surface area contributed by atoms with Crippen LogP contribution in [0, 0.1) is 0 Å². The predicted octanol–water partition coefficient (Wildman–Crippen LogP) is 3.96. The number of hydrogen-bond acceptors (Lipinski definition) is 2. The fourth-order valence-electron chi connectivity index (χ4n) is 3.66. The molecule has 4 rings (SSSR count). The number of fused-ring (bicyclic) bond motifs is 3. The first-order valence-electron chi connectivity index (χ1n) is 7.14. The van der Waals surface area contributed by atoms with E-state index in [9.17, 15) is 0 Å². The van der Waals surface area contributed by atoms with Crippen LogP contribution in [0.4, 0.5) is 0 Å². The third-order valence-corrected chi connectivity index (χ3v) is 4.95. The number of para-hydroxylation sites is 1. The molecule has 0 N–H and O–H groups in total. The Morgan fingerprint density at radius 3 is 2.95 bits per heavy atom. The zero-order valence-electron chi connectivity index (χ0n) is 11.1. The third-order valence-electron chi connectivity index (χ3n) is 4.46. The minimum atomic E-state index is 0.308. The van der Waals surface area contributed by atoms with E-state index in [1.165, 1.54) is 6.42 Å². The topological polar surface area (TPSA) is 27.1 Å². The first-order chi connectivity index (χ1) is 9.78. The van der Waals surface area contributed by atoms with E-state index in [2.05, 4.69) is 4.57 Å². The van der Waals surface area contributed by atoms with Gasteiger partial charge in [0.2, 0.25) is 0 Å². The lowest BCUT2D eigenvalue weighted by molar-refractivity contribution is 0.0940. The van der Waals surface area contributed by atoms with Gasteiger partial charge >= 0.3 is 0 Å². The number of hydrogen-bond donors (Lipinski definition) is 0. The van der Waals surface area contributed by atoms with Crippen LogP contribution in [0.15, 0.2) is 18.2 Å². The van der Waals surface area contributed by atoms with Crippen molar-refractivity contribution in [1.29, 1.82) is 0 Å². The molecule has 20 heavy (non-hydrogen) atoms. The van der Waals surface area contributed by atoms with Gasteiger partial charge in [0.1, 0.15) is 5.82 Å². The van der Waals surface area contributed by atoms with Crippen LogP contribution in [0.25, 0.3) is 11.0 Å². The number of aromatic nitrogens is 2. The van der Waals surface area contributed by atoms with Crippen molar-refractivity contribution < 1.29 is 4.74 Å². The number of alkyl halides is 1. The highest BCUT2D eigenvalue weighted by Crippen LogP contribution is 2.44. The van der Waals surface area contributed by atoms with Crippen molar-refractivity contribution in [3.8, 4) is 0 Å². The van der Waals surface area contributed by atoms with Crippen molar-refractivity contribution in [3.05, 3.63) is 29.0 Å². The third kappa shape index (κ3) is 1.87. The van der Waals surface area contributed by atoms with Crippen LogP contribution in [-0.2, 0) is 11.2 Å². The molecule has 2 saturated heterocycles. The van der Waals surface area contributed by atoms with Crippen LogP contribution in [0.2, 0.25) is 5.02 Å². The van der Waals surface area contributed by atoms with Gasteiger partial charge in [-0.05, 0) is 31.4 Å². The van der Waals surface area contributed by atoms with Gasteiger partial charge in [0.05, 0.1) is 34.3 Å². The molecule has 1 aromatic carbocycles. The van der Waals surface area contributed by atoms with Crippen LogP contribution < -0.4 is 0 Å². The Balaban J connectivity index is 1.89. The number of rotatable bonds is 3. The van der Waals surface area contributed by atoms with Gasteiger partial charge in [-0.25, -0.2) is 4.98 Å². The number of nitrogens with zero attached hydrogens (tertiary/aromatic N) is 2. The standard InChI is InChI=1S/C15H16Cl2N2O/c16-7-6-14-18-11-3-1-2-10(17)15(11)19(14)12-8-9-4-5-13(12)20-9/h1-3,9,12-13H,4-8H2. The molecule has 2 fully saturated rings. The lowest BCUT2D eigenvalue weighted by Crippen LogP contribution is -2.23. The van der Waals surface area contributed by atoms with E-state index >= 15 is 0 Å². The summed E-state index contributed by atoms with van der Waals surface area (Å²) in [6.45, 7) is 0. The minimum absolute atomic E-state index is 0.308. The first kappa shape index (κ1) is 12.9. The zero-order chi connectivity index (χ0) is 13.7. The van der Waals surface area contributed by atoms with Crippen molar-refractivity contribution >= 4 is 34.2 Å². The summed E-state index contributed by atoms with van der Waals surface area (Å²) in [5.41, 5.74) is 2.00. The lowest BCUT2D eigenvalue weighted by atomic mass is 9.95. The molecule has 2 aliphatic rings. The second kappa shape index (κ2) is 4.90. The first-order valence-corrected chi connectivity index (χ1v) is 8.06. The number of ether oxygens (including phenoxy) is 1. The van der Waals surface area contributed by atoms with E-state index in [0.29, 0.717) is 24.1 Å². The lowest BCUT2D eigenvalue weighted by Gasteiger charge is -2.23. The summed E-state index contributed by atoms with van der Waals surface area (Å²) in [6, 6.07) is 6.25. The fraction of sp³-hybridized carbons (Fsp3) is 0.533. The van der Waals surface area contributed by atoms with E-state index in [1.54, 1.807) is 0 Å². The van der Waals surface area contributed by atoms with Crippen molar-refractivity contribution in [2.75, 3.05) is 5.88 Å². The van der Waals surface area contributed by atoms with Crippen LogP contribution in [0.5, 0.6) is 0 Å². The highest BCUT2D eigenvalue weighted by Gasteiger charge is 2.43. The molecule has 2 bridgehead atoms. The zero-order valence-corrected chi connectivity index (χ0v) is 12.6. The molecular formula is C15H16Cl2N2O. The van der Waals surface area contributed by atoms with E-state index in [0.717, 1.165) is 41.1 Å². The van der Waals surface area contributed by atoms with E-state index in [-0.39, 0.29) is 0 Å². The highest BCUT2D eigenvalue weighted by molar-refractivity contribution is 6.35. The fourth-order valence-corrected chi connectivity index (χ4v) is 4.09. The molecule has 1 aromatic heterocycles. The van der Waals surface area contributed by atoms with E-state index in [1.807, 2.05) is 18.2 Å². The maximum absolute atomic E-state index is 6.42. The van der Waals surface area contributed by atoms with Crippen molar-refractivity contribution in [3.63, 3.8) is 0 Å². The molecule has 106 valence electrons. The maximum atomic E-state index is 6.42. The van der Waals surface area contributed by atoms with Gasteiger partial charge in [0, 0.05) is 12.3 Å². The van der Waals surface area contributed by atoms with Crippen LogP contribution in [0.1, 0.15) is 31.1 Å².